The molecule has 0 spiro atoms. The average Bonchev–Trinajstić information content (AvgIpc) is 2.18. The lowest BCUT2D eigenvalue weighted by Crippen LogP contribution is -2.39. The first-order chi connectivity index (χ1) is 7.35. The summed E-state index contributed by atoms with van der Waals surface area (Å²) < 4.78 is 36.9. The van der Waals surface area contributed by atoms with E-state index in [1.165, 1.54) is 0 Å². The van der Waals surface area contributed by atoms with Crippen LogP contribution in [0.2, 0.25) is 0 Å². The zero-order valence-corrected chi connectivity index (χ0v) is 11.7. The van der Waals surface area contributed by atoms with E-state index in [9.17, 15) is 12.6 Å². The molecule has 0 saturated heterocycles. The van der Waals surface area contributed by atoms with Crippen LogP contribution in [0.25, 0.3) is 0 Å². The summed E-state index contributed by atoms with van der Waals surface area (Å²) in [6.07, 6.45) is 2.69. The van der Waals surface area contributed by atoms with Crippen LogP contribution >= 0.6 is 0 Å². The van der Waals surface area contributed by atoms with Gasteiger partial charge in [0.1, 0.15) is 0 Å². The molecule has 0 heterocycles. The van der Waals surface area contributed by atoms with Crippen molar-refractivity contribution < 1.29 is 12.6 Å². The van der Waals surface area contributed by atoms with Crippen molar-refractivity contribution in [1.29, 1.82) is 0 Å². The van der Waals surface area contributed by atoms with E-state index in [0.717, 1.165) is 0 Å². The zero-order chi connectivity index (χ0) is 12.8. The zero-order valence-electron chi connectivity index (χ0n) is 10.1. The summed E-state index contributed by atoms with van der Waals surface area (Å²) in [6, 6.07) is 0. The number of hydrogen-bond acceptors (Lipinski definition) is 4. The molecule has 0 amide bonds. The molecule has 0 aromatic rings. The summed E-state index contributed by atoms with van der Waals surface area (Å²) in [7, 11) is -4.23. The van der Waals surface area contributed by atoms with Crippen molar-refractivity contribution >= 4 is 20.8 Å². The minimum atomic E-state index is -3.32. The second-order valence-electron chi connectivity index (χ2n) is 3.80. The monoisotopic (exact) mass is 270 g/mol. The Labute approximate surface area is 101 Å². The Hall–Kier alpha value is 0.0200. The quantitative estimate of drug-likeness (QED) is 0.639. The molecule has 3 N–H and O–H groups in total. The van der Waals surface area contributed by atoms with Gasteiger partial charge in [-0.05, 0) is 12.8 Å². The molecule has 3 unspecified atom stereocenters. The van der Waals surface area contributed by atoms with E-state index in [1.54, 1.807) is 13.2 Å². The first kappa shape index (κ1) is 16.0. The first-order valence-electron chi connectivity index (χ1n) is 5.35. The minimum Gasteiger partial charge on any atom is -0.329 e. The van der Waals surface area contributed by atoms with Crippen LogP contribution in [0, 0.1) is 0 Å². The molecule has 0 aliphatic carbocycles. The molecular weight excluding hydrogens is 248 g/mol. The van der Waals surface area contributed by atoms with Crippen LogP contribution in [-0.2, 0) is 20.8 Å². The lowest BCUT2D eigenvalue weighted by molar-refractivity contribution is 0.558. The Bertz CT molecular complexity index is 313. The lowest BCUT2D eigenvalue weighted by Gasteiger charge is -2.15. The van der Waals surface area contributed by atoms with Gasteiger partial charge in [-0.25, -0.2) is 13.1 Å². The molecule has 16 heavy (non-hydrogen) atoms. The maximum Gasteiger partial charge on any atom is 0.215 e. The highest BCUT2D eigenvalue weighted by atomic mass is 32.2. The summed E-state index contributed by atoms with van der Waals surface area (Å²) in [5.74, 6) is 0. The first-order valence-corrected chi connectivity index (χ1v) is 8.52. The third-order valence-electron chi connectivity index (χ3n) is 2.58. The molecule has 0 aromatic heterocycles. The Kier molecular flexibility index (Phi) is 7.38. The van der Waals surface area contributed by atoms with Gasteiger partial charge >= 0.3 is 0 Å². The molecule has 7 heteroatoms. The average molecular weight is 270 g/mol. The van der Waals surface area contributed by atoms with E-state index in [4.69, 9.17) is 5.73 Å². The van der Waals surface area contributed by atoms with Gasteiger partial charge in [-0.15, -0.1) is 0 Å². The number of sulfonamides is 1. The summed E-state index contributed by atoms with van der Waals surface area (Å²) in [5.41, 5.74) is 5.38. The predicted octanol–water partition coefficient (Wildman–Crippen LogP) is -0.200. The van der Waals surface area contributed by atoms with E-state index < -0.39 is 26.1 Å². The van der Waals surface area contributed by atoms with Crippen LogP contribution in [0.15, 0.2) is 0 Å². The van der Waals surface area contributed by atoms with Crippen molar-refractivity contribution in [3.8, 4) is 0 Å². The Morgan fingerprint density at radius 2 is 2.00 bits per heavy atom. The van der Waals surface area contributed by atoms with Gasteiger partial charge in [-0.3, -0.25) is 4.21 Å². The highest BCUT2D eigenvalue weighted by Crippen LogP contribution is 2.03. The molecule has 98 valence electrons. The van der Waals surface area contributed by atoms with E-state index in [2.05, 4.69) is 4.72 Å². The number of hydrogen-bond donors (Lipinski definition) is 2. The van der Waals surface area contributed by atoms with Gasteiger partial charge in [0.15, 0.2) is 0 Å². The topological polar surface area (TPSA) is 89.3 Å². The van der Waals surface area contributed by atoms with Crippen molar-refractivity contribution in [1.82, 2.24) is 4.72 Å². The molecule has 0 aromatic carbocycles. The summed E-state index contributed by atoms with van der Waals surface area (Å²) in [4.78, 5) is 0. The highest BCUT2D eigenvalue weighted by molar-refractivity contribution is 7.90. The summed E-state index contributed by atoms with van der Waals surface area (Å²) in [6.45, 7) is 4.08. The fourth-order valence-electron chi connectivity index (χ4n) is 1.20. The minimum absolute atomic E-state index is 0.000605. The molecule has 0 saturated carbocycles. The largest absolute Gasteiger partial charge is 0.329 e. The van der Waals surface area contributed by atoms with E-state index in [-0.39, 0.29) is 11.8 Å². The van der Waals surface area contributed by atoms with Crippen molar-refractivity contribution in [3.63, 3.8) is 0 Å². The van der Waals surface area contributed by atoms with Crippen LogP contribution in [0.5, 0.6) is 0 Å². The Balaban J connectivity index is 4.15. The third kappa shape index (κ3) is 5.38. The van der Waals surface area contributed by atoms with Gasteiger partial charge in [0, 0.05) is 35.4 Å². The smallest absolute Gasteiger partial charge is 0.215 e. The standard InChI is InChI=1S/C9H22N2O3S2/c1-4-9(7-10)16(13,14)11-6-5-8(2)15(3)12/h8-9,11H,4-7,10H2,1-3H3. The normalized spacial score (nSPS) is 18.0. The van der Waals surface area contributed by atoms with E-state index in [0.29, 0.717) is 19.4 Å². The molecular formula is C9H22N2O3S2. The molecule has 5 nitrogen and oxygen atoms in total. The maximum atomic E-state index is 11.7. The summed E-state index contributed by atoms with van der Waals surface area (Å²) >= 11 is 0. The number of rotatable bonds is 8. The molecule has 0 bridgehead atoms. The van der Waals surface area contributed by atoms with Gasteiger partial charge in [0.25, 0.3) is 0 Å². The van der Waals surface area contributed by atoms with Gasteiger partial charge < -0.3 is 5.73 Å². The number of nitrogens with two attached hydrogens (primary N) is 1. The van der Waals surface area contributed by atoms with E-state index >= 15 is 0 Å². The SMILES string of the molecule is CCC(CN)S(=O)(=O)NCCC(C)S(C)=O. The molecule has 0 radical (unpaired) electrons. The molecule has 3 atom stereocenters. The van der Waals surface area contributed by atoms with Crippen LogP contribution in [0.4, 0.5) is 0 Å². The van der Waals surface area contributed by atoms with Gasteiger partial charge in [-0.2, -0.15) is 0 Å². The molecule has 0 aliphatic rings. The Morgan fingerprint density at radius 3 is 2.38 bits per heavy atom. The van der Waals surface area contributed by atoms with Crippen LogP contribution in [-0.4, -0.2) is 42.5 Å². The highest BCUT2D eigenvalue weighted by Gasteiger charge is 2.21. The fourth-order valence-corrected chi connectivity index (χ4v) is 2.98. The fraction of sp³-hybridized carbons (Fsp3) is 1.00. The van der Waals surface area contributed by atoms with Gasteiger partial charge in [0.05, 0.1) is 5.25 Å². The third-order valence-corrected chi connectivity index (χ3v) is 5.96. The van der Waals surface area contributed by atoms with Gasteiger partial charge in [-0.1, -0.05) is 13.8 Å². The molecule has 0 aliphatic heterocycles. The second-order valence-corrected chi connectivity index (χ2v) is 7.65. The van der Waals surface area contributed by atoms with Crippen molar-refractivity contribution in [2.75, 3.05) is 19.3 Å². The van der Waals surface area contributed by atoms with Crippen LogP contribution in [0.3, 0.4) is 0 Å². The van der Waals surface area contributed by atoms with Crippen LogP contribution < -0.4 is 10.5 Å². The van der Waals surface area contributed by atoms with E-state index in [1.807, 2.05) is 6.92 Å². The van der Waals surface area contributed by atoms with Gasteiger partial charge in [0.2, 0.25) is 10.0 Å². The summed E-state index contributed by atoms with van der Waals surface area (Å²) in [5, 5.41) is -0.532. The van der Waals surface area contributed by atoms with Crippen molar-refractivity contribution in [2.45, 2.75) is 37.2 Å². The predicted molar refractivity (Wildman–Crippen MR) is 68.2 cm³/mol. The van der Waals surface area contributed by atoms with Crippen LogP contribution in [0.1, 0.15) is 26.7 Å². The van der Waals surface area contributed by atoms with Crippen molar-refractivity contribution in [2.24, 2.45) is 5.73 Å². The maximum absolute atomic E-state index is 11.7. The van der Waals surface area contributed by atoms with Crippen molar-refractivity contribution in [3.05, 3.63) is 0 Å². The molecule has 0 fully saturated rings. The lowest BCUT2D eigenvalue weighted by atomic mass is 10.3. The Morgan fingerprint density at radius 1 is 1.44 bits per heavy atom. The second kappa shape index (κ2) is 7.37. The number of nitrogens with one attached hydrogen (secondary N) is 1. The molecule has 0 rings (SSSR count).